The number of nitrogens with one attached hydrogen (secondary N) is 1. The second kappa shape index (κ2) is 4.53. The van der Waals surface area contributed by atoms with Crippen LogP contribution in [0.25, 0.3) is 0 Å². The van der Waals surface area contributed by atoms with Gasteiger partial charge in [-0.2, -0.15) is 0 Å². The predicted molar refractivity (Wildman–Crippen MR) is 64.0 cm³/mol. The van der Waals surface area contributed by atoms with Gasteiger partial charge in [-0.1, -0.05) is 27.5 Å². The van der Waals surface area contributed by atoms with Gasteiger partial charge in [-0.05, 0) is 12.8 Å². The lowest BCUT2D eigenvalue weighted by Crippen LogP contribution is -2.35. The first-order chi connectivity index (χ1) is 7.18. The molecule has 4 nitrogen and oxygen atoms in total. The number of hydrogen-bond donors (Lipinski definition) is 1. The lowest BCUT2D eigenvalue weighted by Gasteiger charge is -2.30. The Kier molecular flexibility index (Phi) is 3.31. The monoisotopic (exact) mass is 291 g/mol. The Bertz CT molecular complexity index is 401. The maximum atomic E-state index is 11.3. The van der Waals surface area contributed by atoms with Crippen LogP contribution in [0, 0.1) is 0 Å². The fourth-order valence-corrected chi connectivity index (χ4v) is 2.29. The summed E-state index contributed by atoms with van der Waals surface area (Å²) >= 11 is 9.48. The van der Waals surface area contributed by atoms with E-state index in [9.17, 15) is 4.79 Å². The molecule has 0 aromatic carbocycles. The van der Waals surface area contributed by atoms with E-state index in [1.165, 1.54) is 6.33 Å². The molecule has 2 rings (SSSR count). The SMILES string of the molecule is O=c1[nH]cnc(N2CCC(Br)CC2)c1Cl. The number of anilines is 1. The third-order valence-electron chi connectivity index (χ3n) is 2.50. The molecule has 1 N–H and O–H groups in total. The van der Waals surface area contributed by atoms with Crippen molar-refractivity contribution >= 4 is 33.3 Å². The maximum absolute atomic E-state index is 11.3. The summed E-state index contributed by atoms with van der Waals surface area (Å²) in [7, 11) is 0. The molecule has 2 heterocycles. The Balaban J connectivity index is 2.23. The summed E-state index contributed by atoms with van der Waals surface area (Å²) in [5.41, 5.74) is -0.275. The number of alkyl halides is 1. The fourth-order valence-electron chi connectivity index (χ4n) is 1.65. The molecule has 1 aliphatic rings. The van der Waals surface area contributed by atoms with E-state index in [1.807, 2.05) is 0 Å². The highest BCUT2D eigenvalue weighted by atomic mass is 79.9. The van der Waals surface area contributed by atoms with Gasteiger partial charge in [-0.15, -0.1) is 0 Å². The molecule has 0 atom stereocenters. The molecule has 0 amide bonds. The van der Waals surface area contributed by atoms with Crippen LogP contribution in [-0.4, -0.2) is 27.9 Å². The van der Waals surface area contributed by atoms with E-state index in [0.29, 0.717) is 10.6 Å². The minimum atomic E-state index is -0.275. The molecule has 1 aromatic rings. The van der Waals surface area contributed by atoms with Crippen LogP contribution in [0.3, 0.4) is 0 Å². The van der Waals surface area contributed by atoms with Crippen LogP contribution in [0.15, 0.2) is 11.1 Å². The molecule has 0 unspecified atom stereocenters. The first-order valence-corrected chi connectivity index (χ1v) is 6.10. The zero-order valence-electron chi connectivity index (χ0n) is 8.04. The number of rotatable bonds is 1. The van der Waals surface area contributed by atoms with Crippen LogP contribution >= 0.6 is 27.5 Å². The van der Waals surface area contributed by atoms with Gasteiger partial charge in [-0.25, -0.2) is 4.98 Å². The van der Waals surface area contributed by atoms with Crippen molar-refractivity contribution < 1.29 is 0 Å². The number of halogens is 2. The van der Waals surface area contributed by atoms with Crippen molar-refractivity contribution in [3.63, 3.8) is 0 Å². The number of aromatic amines is 1. The molecular weight excluding hydrogens is 281 g/mol. The quantitative estimate of drug-likeness (QED) is 0.803. The molecular formula is C9H11BrClN3O. The van der Waals surface area contributed by atoms with Crippen LogP contribution in [0.4, 0.5) is 5.82 Å². The fraction of sp³-hybridized carbons (Fsp3) is 0.556. The largest absolute Gasteiger partial charge is 0.355 e. The molecule has 15 heavy (non-hydrogen) atoms. The van der Waals surface area contributed by atoms with Crippen molar-refractivity contribution in [1.29, 1.82) is 0 Å². The first-order valence-electron chi connectivity index (χ1n) is 4.80. The zero-order chi connectivity index (χ0) is 10.8. The summed E-state index contributed by atoms with van der Waals surface area (Å²) in [6.45, 7) is 1.76. The summed E-state index contributed by atoms with van der Waals surface area (Å²) in [5, 5.41) is 0.186. The van der Waals surface area contributed by atoms with Gasteiger partial charge in [0.05, 0.1) is 6.33 Å². The highest BCUT2D eigenvalue weighted by Gasteiger charge is 2.20. The molecule has 1 fully saturated rings. The Morgan fingerprint density at radius 1 is 1.53 bits per heavy atom. The van der Waals surface area contributed by atoms with Crippen LogP contribution in [0.2, 0.25) is 5.02 Å². The van der Waals surface area contributed by atoms with E-state index in [-0.39, 0.29) is 10.6 Å². The molecule has 1 aliphatic heterocycles. The van der Waals surface area contributed by atoms with Gasteiger partial charge in [0.25, 0.3) is 5.56 Å². The van der Waals surface area contributed by atoms with Crippen molar-refractivity contribution in [1.82, 2.24) is 9.97 Å². The highest BCUT2D eigenvalue weighted by molar-refractivity contribution is 9.09. The predicted octanol–water partition coefficient (Wildman–Crippen LogP) is 1.79. The molecule has 0 aliphatic carbocycles. The van der Waals surface area contributed by atoms with Crippen LogP contribution < -0.4 is 10.5 Å². The van der Waals surface area contributed by atoms with Gasteiger partial charge in [0, 0.05) is 17.9 Å². The molecule has 1 aromatic heterocycles. The number of piperidine rings is 1. The number of aromatic nitrogens is 2. The van der Waals surface area contributed by atoms with E-state index in [4.69, 9.17) is 11.6 Å². The van der Waals surface area contributed by atoms with E-state index in [1.54, 1.807) is 0 Å². The molecule has 82 valence electrons. The second-order valence-electron chi connectivity index (χ2n) is 3.53. The van der Waals surface area contributed by atoms with Crippen molar-refractivity contribution in [2.24, 2.45) is 0 Å². The van der Waals surface area contributed by atoms with Gasteiger partial charge in [0.15, 0.2) is 5.82 Å². The van der Waals surface area contributed by atoms with Crippen molar-refractivity contribution in [2.45, 2.75) is 17.7 Å². The summed E-state index contributed by atoms with van der Waals surface area (Å²) in [5.74, 6) is 0.597. The Hall–Kier alpha value is -0.550. The van der Waals surface area contributed by atoms with Crippen LogP contribution in [-0.2, 0) is 0 Å². The van der Waals surface area contributed by atoms with Crippen molar-refractivity contribution in [3.05, 3.63) is 21.7 Å². The normalized spacial score (nSPS) is 18.1. The number of nitrogens with zero attached hydrogens (tertiary/aromatic N) is 2. The van der Waals surface area contributed by atoms with Gasteiger partial charge in [0.1, 0.15) is 5.02 Å². The molecule has 0 spiro atoms. The standard InChI is InChI=1S/C9H11BrClN3O/c10-6-1-3-14(4-2-6)8-7(11)9(15)13-5-12-8/h5-6H,1-4H2,(H,12,13,15). The molecule has 0 radical (unpaired) electrons. The minimum absolute atomic E-state index is 0.186. The van der Waals surface area contributed by atoms with E-state index >= 15 is 0 Å². The van der Waals surface area contributed by atoms with Crippen molar-refractivity contribution in [3.8, 4) is 0 Å². The average Bonchev–Trinajstić information content (AvgIpc) is 2.24. The third kappa shape index (κ3) is 2.34. The summed E-state index contributed by atoms with van der Waals surface area (Å²) < 4.78 is 0. The summed E-state index contributed by atoms with van der Waals surface area (Å²) in [6.07, 6.45) is 3.49. The highest BCUT2D eigenvalue weighted by Crippen LogP contribution is 2.24. The first kappa shape index (κ1) is 11.0. The molecule has 6 heteroatoms. The lowest BCUT2D eigenvalue weighted by molar-refractivity contribution is 0.592. The van der Waals surface area contributed by atoms with Crippen molar-refractivity contribution in [2.75, 3.05) is 18.0 Å². The van der Waals surface area contributed by atoms with E-state index < -0.39 is 0 Å². The Labute approximate surface area is 101 Å². The van der Waals surface area contributed by atoms with Gasteiger partial charge < -0.3 is 9.88 Å². The zero-order valence-corrected chi connectivity index (χ0v) is 10.4. The third-order valence-corrected chi connectivity index (χ3v) is 3.76. The number of hydrogen-bond acceptors (Lipinski definition) is 3. The van der Waals surface area contributed by atoms with Crippen LogP contribution in [0.5, 0.6) is 0 Å². The van der Waals surface area contributed by atoms with Gasteiger partial charge in [-0.3, -0.25) is 4.79 Å². The van der Waals surface area contributed by atoms with E-state index in [0.717, 1.165) is 25.9 Å². The van der Waals surface area contributed by atoms with Gasteiger partial charge in [0.2, 0.25) is 0 Å². The maximum Gasteiger partial charge on any atom is 0.271 e. The minimum Gasteiger partial charge on any atom is -0.355 e. The second-order valence-corrected chi connectivity index (χ2v) is 5.20. The van der Waals surface area contributed by atoms with E-state index in [2.05, 4.69) is 30.8 Å². The summed E-state index contributed by atoms with van der Waals surface area (Å²) in [6, 6.07) is 0. The number of H-pyrrole nitrogens is 1. The Morgan fingerprint density at radius 3 is 2.87 bits per heavy atom. The van der Waals surface area contributed by atoms with Gasteiger partial charge >= 0.3 is 0 Å². The molecule has 0 saturated carbocycles. The lowest BCUT2D eigenvalue weighted by atomic mass is 10.1. The topological polar surface area (TPSA) is 49.0 Å². The van der Waals surface area contributed by atoms with Crippen LogP contribution in [0.1, 0.15) is 12.8 Å². The average molecular weight is 293 g/mol. The summed E-state index contributed by atoms with van der Waals surface area (Å²) in [4.78, 5) is 20.5. The Morgan fingerprint density at radius 2 is 2.20 bits per heavy atom. The smallest absolute Gasteiger partial charge is 0.271 e. The molecule has 0 bridgehead atoms. The molecule has 1 saturated heterocycles.